The summed E-state index contributed by atoms with van der Waals surface area (Å²) in [4.78, 5) is 24.7. The Bertz CT molecular complexity index is 785. The molecule has 1 atom stereocenters. The third-order valence-electron chi connectivity index (χ3n) is 4.05. The Morgan fingerprint density at radius 3 is 2.77 bits per heavy atom. The highest BCUT2D eigenvalue weighted by Crippen LogP contribution is 2.24. The summed E-state index contributed by atoms with van der Waals surface area (Å²) in [6.45, 7) is 3.01. The monoisotopic (exact) mass is 354 g/mol. The third kappa shape index (κ3) is 4.40. The van der Waals surface area contributed by atoms with Crippen LogP contribution in [-0.4, -0.2) is 31.1 Å². The molecule has 0 aliphatic carbocycles. The Morgan fingerprint density at radius 2 is 2.00 bits per heavy atom. The lowest BCUT2D eigenvalue weighted by molar-refractivity contribution is -0.124. The molecule has 6 heteroatoms. The molecule has 2 aromatic rings. The van der Waals surface area contributed by atoms with E-state index in [-0.39, 0.29) is 11.8 Å². The van der Waals surface area contributed by atoms with Gasteiger partial charge < -0.3 is 20.1 Å². The summed E-state index contributed by atoms with van der Waals surface area (Å²) in [6, 6.07) is 14.1. The molecule has 136 valence electrons. The predicted octanol–water partition coefficient (Wildman–Crippen LogP) is 3.46. The molecule has 2 aromatic carbocycles. The van der Waals surface area contributed by atoms with Crippen molar-refractivity contribution >= 4 is 23.2 Å². The van der Waals surface area contributed by atoms with Gasteiger partial charge >= 0.3 is 0 Å². The lowest BCUT2D eigenvalue weighted by Gasteiger charge is -2.13. The Morgan fingerprint density at radius 1 is 1.15 bits per heavy atom. The van der Waals surface area contributed by atoms with Crippen molar-refractivity contribution in [2.75, 3.05) is 23.8 Å². The van der Waals surface area contributed by atoms with Gasteiger partial charge in [-0.15, -0.1) is 0 Å². The lowest BCUT2D eigenvalue weighted by Crippen LogP contribution is -2.27. The van der Waals surface area contributed by atoms with Crippen LogP contribution in [0.4, 0.5) is 11.4 Å². The van der Waals surface area contributed by atoms with Crippen LogP contribution >= 0.6 is 0 Å². The van der Waals surface area contributed by atoms with Crippen molar-refractivity contribution < 1.29 is 19.1 Å². The fourth-order valence-corrected chi connectivity index (χ4v) is 2.79. The highest BCUT2D eigenvalue weighted by atomic mass is 16.5. The van der Waals surface area contributed by atoms with E-state index in [0.29, 0.717) is 35.9 Å². The maximum absolute atomic E-state index is 12.6. The fourth-order valence-electron chi connectivity index (χ4n) is 2.79. The van der Waals surface area contributed by atoms with Gasteiger partial charge in [0.05, 0.1) is 12.3 Å². The molecule has 0 unspecified atom stereocenters. The molecule has 0 saturated carbocycles. The van der Waals surface area contributed by atoms with Crippen LogP contribution in [0.5, 0.6) is 5.75 Å². The molecule has 0 aromatic heterocycles. The van der Waals surface area contributed by atoms with Crippen LogP contribution in [0.3, 0.4) is 0 Å². The van der Waals surface area contributed by atoms with E-state index in [9.17, 15) is 9.59 Å². The van der Waals surface area contributed by atoms with E-state index in [1.807, 2.05) is 19.1 Å². The van der Waals surface area contributed by atoms with Crippen LogP contribution in [0.15, 0.2) is 48.5 Å². The van der Waals surface area contributed by atoms with Gasteiger partial charge in [0.15, 0.2) is 0 Å². The zero-order valence-electron chi connectivity index (χ0n) is 14.7. The molecule has 2 N–H and O–H groups in total. The van der Waals surface area contributed by atoms with Gasteiger partial charge in [0.2, 0.25) is 0 Å². The van der Waals surface area contributed by atoms with Crippen LogP contribution in [0.1, 0.15) is 30.1 Å². The summed E-state index contributed by atoms with van der Waals surface area (Å²) >= 11 is 0. The minimum atomic E-state index is -0.412. The number of hydrogen-bond acceptors (Lipinski definition) is 4. The largest absolute Gasteiger partial charge is 0.492 e. The first-order valence-corrected chi connectivity index (χ1v) is 8.73. The molecule has 6 nitrogen and oxygen atoms in total. The predicted molar refractivity (Wildman–Crippen MR) is 99.6 cm³/mol. The SMILES string of the molecule is CCOc1ccccc1NC(=O)c1cccc(NC(=O)[C@H]2CCCO2)c1. The first-order chi connectivity index (χ1) is 12.7. The quantitative estimate of drug-likeness (QED) is 0.833. The molecular formula is C20H22N2O4. The molecule has 3 rings (SSSR count). The molecule has 1 fully saturated rings. The fraction of sp³-hybridized carbons (Fsp3) is 0.300. The number of benzene rings is 2. The van der Waals surface area contributed by atoms with Gasteiger partial charge in [0.25, 0.3) is 11.8 Å². The topological polar surface area (TPSA) is 76.7 Å². The smallest absolute Gasteiger partial charge is 0.255 e. The van der Waals surface area contributed by atoms with Gasteiger partial charge in [-0.1, -0.05) is 18.2 Å². The van der Waals surface area contributed by atoms with E-state index in [4.69, 9.17) is 9.47 Å². The maximum atomic E-state index is 12.6. The van der Waals surface area contributed by atoms with E-state index in [2.05, 4.69) is 10.6 Å². The van der Waals surface area contributed by atoms with Crippen molar-refractivity contribution in [1.82, 2.24) is 0 Å². The number of carbonyl (C=O) groups is 2. The van der Waals surface area contributed by atoms with Gasteiger partial charge in [-0.3, -0.25) is 9.59 Å². The highest BCUT2D eigenvalue weighted by Gasteiger charge is 2.23. The molecule has 2 amide bonds. The summed E-state index contributed by atoms with van der Waals surface area (Å²) in [7, 11) is 0. The molecule has 1 aliphatic heterocycles. The van der Waals surface area contributed by atoms with Crippen LogP contribution in [-0.2, 0) is 9.53 Å². The number of ether oxygens (including phenoxy) is 2. The number of para-hydroxylation sites is 2. The number of nitrogens with one attached hydrogen (secondary N) is 2. The Kier molecular flexibility index (Phi) is 5.86. The molecule has 26 heavy (non-hydrogen) atoms. The summed E-state index contributed by atoms with van der Waals surface area (Å²) in [5.41, 5.74) is 1.62. The van der Waals surface area contributed by atoms with Crippen LogP contribution in [0.2, 0.25) is 0 Å². The van der Waals surface area contributed by atoms with Crippen molar-refractivity contribution in [3.63, 3.8) is 0 Å². The van der Waals surface area contributed by atoms with Crippen LogP contribution in [0.25, 0.3) is 0 Å². The van der Waals surface area contributed by atoms with E-state index in [0.717, 1.165) is 12.8 Å². The van der Waals surface area contributed by atoms with Gasteiger partial charge in [-0.05, 0) is 50.1 Å². The highest BCUT2D eigenvalue weighted by molar-refractivity contribution is 6.06. The number of amides is 2. The average Bonchev–Trinajstić information content (AvgIpc) is 3.19. The molecule has 1 saturated heterocycles. The van der Waals surface area contributed by atoms with Crippen molar-refractivity contribution in [3.05, 3.63) is 54.1 Å². The van der Waals surface area contributed by atoms with E-state index >= 15 is 0 Å². The Hall–Kier alpha value is -2.86. The lowest BCUT2D eigenvalue weighted by atomic mass is 10.1. The van der Waals surface area contributed by atoms with E-state index in [1.165, 1.54) is 0 Å². The molecular weight excluding hydrogens is 332 g/mol. The standard InChI is InChI=1S/C20H22N2O4/c1-2-25-17-10-4-3-9-16(17)22-19(23)14-7-5-8-15(13-14)21-20(24)18-11-6-12-26-18/h3-5,7-10,13,18H,2,6,11-12H2,1H3,(H,21,24)(H,22,23)/t18-/m1/s1. The Labute approximate surface area is 152 Å². The second-order valence-electron chi connectivity index (χ2n) is 5.96. The second kappa shape index (κ2) is 8.49. The maximum Gasteiger partial charge on any atom is 0.255 e. The molecule has 0 spiro atoms. The number of anilines is 2. The molecule has 0 radical (unpaired) electrons. The molecule has 1 heterocycles. The minimum absolute atomic E-state index is 0.179. The zero-order valence-corrected chi connectivity index (χ0v) is 14.7. The van der Waals surface area contributed by atoms with Crippen LogP contribution < -0.4 is 15.4 Å². The second-order valence-corrected chi connectivity index (χ2v) is 5.96. The summed E-state index contributed by atoms with van der Waals surface area (Å²) in [6.07, 6.45) is 1.20. The normalized spacial score (nSPS) is 16.1. The van der Waals surface area contributed by atoms with Crippen LogP contribution in [0, 0.1) is 0 Å². The van der Waals surface area contributed by atoms with Gasteiger partial charge in [-0.25, -0.2) is 0 Å². The number of carbonyl (C=O) groups excluding carboxylic acids is 2. The van der Waals surface area contributed by atoms with Crippen molar-refractivity contribution in [2.45, 2.75) is 25.9 Å². The third-order valence-corrected chi connectivity index (χ3v) is 4.05. The van der Waals surface area contributed by atoms with Crippen molar-refractivity contribution in [1.29, 1.82) is 0 Å². The summed E-state index contributed by atoms with van der Waals surface area (Å²) < 4.78 is 10.9. The molecule has 0 bridgehead atoms. The zero-order chi connectivity index (χ0) is 18.4. The van der Waals surface area contributed by atoms with Crippen molar-refractivity contribution in [3.8, 4) is 5.75 Å². The van der Waals surface area contributed by atoms with Crippen molar-refractivity contribution in [2.24, 2.45) is 0 Å². The Balaban J connectivity index is 1.69. The first kappa shape index (κ1) is 17.9. The van der Waals surface area contributed by atoms with Gasteiger partial charge in [-0.2, -0.15) is 0 Å². The minimum Gasteiger partial charge on any atom is -0.492 e. The molecule has 1 aliphatic rings. The van der Waals surface area contributed by atoms with E-state index in [1.54, 1.807) is 36.4 Å². The average molecular weight is 354 g/mol. The van der Waals surface area contributed by atoms with E-state index < -0.39 is 6.10 Å². The summed E-state index contributed by atoms with van der Waals surface area (Å²) in [5, 5.41) is 5.65. The number of rotatable bonds is 6. The number of hydrogen-bond donors (Lipinski definition) is 2. The van der Waals surface area contributed by atoms with Gasteiger partial charge in [0, 0.05) is 17.9 Å². The summed E-state index contributed by atoms with van der Waals surface area (Å²) in [5.74, 6) is 0.165. The first-order valence-electron chi connectivity index (χ1n) is 8.73. The van der Waals surface area contributed by atoms with Gasteiger partial charge in [0.1, 0.15) is 11.9 Å².